The molecule has 2 aromatic carbocycles. The normalized spacial score (nSPS) is 12.9. The van der Waals surface area contributed by atoms with Gasteiger partial charge in [-0.25, -0.2) is 4.98 Å². The molecule has 0 spiro atoms. The fourth-order valence-electron chi connectivity index (χ4n) is 3.10. The quantitative estimate of drug-likeness (QED) is 0.605. The summed E-state index contributed by atoms with van der Waals surface area (Å²) in [5.41, 5.74) is 2.74. The summed E-state index contributed by atoms with van der Waals surface area (Å²) in [7, 11) is 0. The van der Waals surface area contributed by atoms with E-state index in [2.05, 4.69) is 6.58 Å². The number of allylic oxidation sites excluding steroid dienone is 1. The summed E-state index contributed by atoms with van der Waals surface area (Å²) in [6, 6.07) is 17.7. The molecule has 1 unspecified atom stereocenters. The lowest BCUT2D eigenvalue weighted by atomic mass is 9.96. The molecule has 3 aromatic rings. The Bertz CT molecular complexity index is 985. The van der Waals surface area contributed by atoms with Crippen molar-refractivity contribution in [2.24, 2.45) is 0 Å². The summed E-state index contributed by atoms with van der Waals surface area (Å²) < 4.78 is 7.79. The standard InChI is InChI=1S/C23H26N2O2/c1-5-15-25-20-14-10-9-13-19(20)24-21(22(25)26)18(16-27-23(2,3)4)17-11-7-6-8-12-17/h5-14,18H,1,15-16H2,2-4H3. The van der Waals surface area contributed by atoms with Crippen LogP contribution in [0.1, 0.15) is 37.9 Å². The van der Waals surface area contributed by atoms with Gasteiger partial charge in [-0.15, -0.1) is 6.58 Å². The minimum absolute atomic E-state index is 0.0973. The fraction of sp³-hybridized carbons (Fsp3) is 0.304. The van der Waals surface area contributed by atoms with Crippen LogP contribution in [-0.4, -0.2) is 21.8 Å². The Morgan fingerprint density at radius 2 is 1.78 bits per heavy atom. The van der Waals surface area contributed by atoms with Crippen molar-refractivity contribution in [2.45, 2.75) is 38.8 Å². The molecule has 0 radical (unpaired) electrons. The topological polar surface area (TPSA) is 44.1 Å². The summed E-state index contributed by atoms with van der Waals surface area (Å²) in [4.78, 5) is 18.1. The van der Waals surface area contributed by atoms with E-state index in [-0.39, 0.29) is 17.1 Å². The zero-order valence-corrected chi connectivity index (χ0v) is 16.2. The second-order valence-electron chi connectivity index (χ2n) is 7.58. The number of aromatic nitrogens is 2. The number of fused-ring (bicyclic) bond motifs is 1. The van der Waals surface area contributed by atoms with Gasteiger partial charge in [-0.3, -0.25) is 4.79 Å². The average molecular weight is 362 g/mol. The van der Waals surface area contributed by atoms with E-state index in [0.717, 1.165) is 16.6 Å². The van der Waals surface area contributed by atoms with Crippen LogP contribution < -0.4 is 5.56 Å². The van der Waals surface area contributed by atoms with E-state index in [1.807, 2.05) is 75.4 Å². The lowest BCUT2D eigenvalue weighted by Gasteiger charge is -2.25. The summed E-state index contributed by atoms with van der Waals surface area (Å²) in [5, 5.41) is 0. The molecule has 1 heterocycles. The van der Waals surface area contributed by atoms with E-state index in [9.17, 15) is 4.79 Å². The van der Waals surface area contributed by atoms with Gasteiger partial charge in [0.2, 0.25) is 0 Å². The number of para-hydroxylation sites is 2. The summed E-state index contributed by atoms with van der Waals surface area (Å²) in [5.74, 6) is -0.237. The molecule has 1 aromatic heterocycles. The third-order valence-electron chi connectivity index (χ3n) is 4.40. The van der Waals surface area contributed by atoms with Crippen molar-refractivity contribution >= 4 is 11.0 Å². The summed E-state index contributed by atoms with van der Waals surface area (Å²) in [6.45, 7) is 10.7. The molecule has 4 heteroatoms. The van der Waals surface area contributed by atoms with Gasteiger partial charge in [0.05, 0.1) is 29.2 Å². The predicted octanol–water partition coefficient (Wildman–Crippen LogP) is 4.53. The maximum atomic E-state index is 13.3. The van der Waals surface area contributed by atoms with Crippen molar-refractivity contribution in [3.63, 3.8) is 0 Å². The first-order chi connectivity index (χ1) is 12.9. The minimum Gasteiger partial charge on any atom is -0.375 e. The molecular formula is C23H26N2O2. The molecule has 0 bridgehead atoms. The van der Waals surface area contributed by atoms with Gasteiger partial charge in [0.15, 0.2) is 0 Å². The highest BCUT2D eigenvalue weighted by atomic mass is 16.5. The van der Waals surface area contributed by atoms with Crippen LogP contribution in [-0.2, 0) is 11.3 Å². The SMILES string of the molecule is C=CCn1c(=O)c(C(COC(C)(C)C)c2ccccc2)nc2ccccc21. The monoisotopic (exact) mass is 362 g/mol. The van der Waals surface area contributed by atoms with Crippen LogP contribution in [0.5, 0.6) is 0 Å². The maximum Gasteiger partial charge on any atom is 0.273 e. The Hall–Kier alpha value is -2.72. The Morgan fingerprint density at radius 1 is 1.11 bits per heavy atom. The first-order valence-electron chi connectivity index (χ1n) is 9.20. The van der Waals surface area contributed by atoms with Crippen molar-refractivity contribution in [3.05, 3.63) is 88.9 Å². The molecule has 0 saturated heterocycles. The van der Waals surface area contributed by atoms with Crippen LogP contribution in [0, 0.1) is 0 Å². The molecule has 3 rings (SSSR count). The van der Waals surface area contributed by atoms with Gasteiger partial charge in [0, 0.05) is 6.54 Å². The number of hydrogen-bond donors (Lipinski definition) is 0. The molecule has 4 nitrogen and oxygen atoms in total. The van der Waals surface area contributed by atoms with Gasteiger partial charge in [-0.05, 0) is 38.5 Å². The Morgan fingerprint density at radius 3 is 2.44 bits per heavy atom. The van der Waals surface area contributed by atoms with Crippen LogP contribution in [0.25, 0.3) is 11.0 Å². The van der Waals surface area contributed by atoms with E-state index in [1.54, 1.807) is 10.6 Å². The van der Waals surface area contributed by atoms with Gasteiger partial charge in [0.25, 0.3) is 5.56 Å². The molecule has 0 saturated carbocycles. The third kappa shape index (κ3) is 4.34. The molecule has 1 atom stereocenters. The van der Waals surface area contributed by atoms with E-state index in [4.69, 9.17) is 9.72 Å². The number of benzene rings is 2. The fourth-order valence-corrected chi connectivity index (χ4v) is 3.10. The Kier molecular flexibility index (Phi) is 5.57. The molecule has 0 aliphatic rings. The molecule has 0 aliphatic heterocycles. The zero-order chi connectivity index (χ0) is 19.4. The second kappa shape index (κ2) is 7.89. The lowest BCUT2D eigenvalue weighted by Crippen LogP contribution is -2.31. The highest BCUT2D eigenvalue weighted by Gasteiger charge is 2.24. The van der Waals surface area contributed by atoms with Crippen molar-refractivity contribution in [3.8, 4) is 0 Å². The van der Waals surface area contributed by atoms with Gasteiger partial charge in [0.1, 0.15) is 5.69 Å². The average Bonchev–Trinajstić information content (AvgIpc) is 2.65. The maximum absolute atomic E-state index is 13.3. The highest BCUT2D eigenvalue weighted by molar-refractivity contribution is 5.74. The zero-order valence-electron chi connectivity index (χ0n) is 16.2. The predicted molar refractivity (Wildman–Crippen MR) is 110 cm³/mol. The van der Waals surface area contributed by atoms with E-state index >= 15 is 0 Å². The van der Waals surface area contributed by atoms with Crippen molar-refractivity contribution in [1.29, 1.82) is 0 Å². The van der Waals surface area contributed by atoms with E-state index in [1.165, 1.54) is 0 Å². The van der Waals surface area contributed by atoms with Crippen LogP contribution in [0.3, 0.4) is 0 Å². The Labute approximate surface area is 160 Å². The summed E-state index contributed by atoms with van der Waals surface area (Å²) >= 11 is 0. The number of ether oxygens (including phenoxy) is 1. The van der Waals surface area contributed by atoms with Crippen molar-refractivity contribution in [1.82, 2.24) is 9.55 Å². The first-order valence-corrected chi connectivity index (χ1v) is 9.20. The van der Waals surface area contributed by atoms with Gasteiger partial charge in [-0.2, -0.15) is 0 Å². The molecule has 0 amide bonds. The summed E-state index contributed by atoms with van der Waals surface area (Å²) in [6.07, 6.45) is 1.74. The van der Waals surface area contributed by atoms with E-state index < -0.39 is 0 Å². The van der Waals surface area contributed by atoms with Crippen LogP contribution >= 0.6 is 0 Å². The van der Waals surface area contributed by atoms with Gasteiger partial charge >= 0.3 is 0 Å². The first kappa shape index (κ1) is 19.1. The molecule has 140 valence electrons. The second-order valence-corrected chi connectivity index (χ2v) is 7.58. The smallest absolute Gasteiger partial charge is 0.273 e. The third-order valence-corrected chi connectivity index (χ3v) is 4.40. The van der Waals surface area contributed by atoms with Crippen LogP contribution in [0.15, 0.2) is 72.0 Å². The number of rotatable bonds is 6. The highest BCUT2D eigenvalue weighted by Crippen LogP contribution is 2.25. The largest absolute Gasteiger partial charge is 0.375 e. The van der Waals surface area contributed by atoms with Gasteiger partial charge < -0.3 is 9.30 Å². The number of nitrogens with zero attached hydrogens (tertiary/aromatic N) is 2. The van der Waals surface area contributed by atoms with Crippen LogP contribution in [0.2, 0.25) is 0 Å². The van der Waals surface area contributed by atoms with Crippen molar-refractivity contribution in [2.75, 3.05) is 6.61 Å². The molecule has 27 heavy (non-hydrogen) atoms. The molecule has 0 fully saturated rings. The minimum atomic E-state index is -0.302. The Balaban J connectivity index is 2.19. The van der Waals surface area contributed by atoms with Crippen molar-refractivity contribution < 1.29 is 4.74 Å². The molecule has 0 N–H and O–H groups in total. The van der Waals surface area contributed by atoms with Gasteiger partial charge in [-0.1, -0.05) is 48.5 Å². The molecule has 0 aliphatic carbocycles. The lowest BCUT2D eigenvalue weighted by molar-refractivity contribution is -0.00716. The molecular weight excluding hydrogens is 336 g/mol. The van der Waals surface area contributed by atoms with Crippen LogP contribution in [0.4, 0.5) is 0 Å². The number of hydrogen-bond acceptors (Lipinski definition) is 3. The van der Waals surface area contributed by atoms with E-state index in [0.29, 0.717) is 18.8 Å².